The first-order valence-corrected chi connectivity index (χ1v) is 9.16. The van der Waals surface area contributed by atoms with Gasteiger partial charge in [-0.3, -0.25) is 14.9 Å². The first-order chi connectivity index (χ1) is 12.4. The van der Waals surface area contributed by atoms with Crippen LogP contribution >= 0.6 is 11.8 Å². The SMILES string of the molecule is COc1cc(/C=C2/SC(=O)NC2=O)c(N2CCC(N(C)C)C2)cc1OC. The van der Waals surface area contributed by atoms with E-state index in [0.717, 1.165) is 42.5 Å². The van der Waals surface area contributed by atoms with Crippen molar-refractivity contribution in [3.8, 4) is 11.5 Å². The summed E-state index contributed by atoms with van der Waals surface area (Å²) in [7, 11) is 7.34. The molecule has 0 saturated carbocycles. The van der Waals surface area contributed by atoms with Gasteiger partial charge in [0.1, 0.15) is 0 Å². The van der Waals surface area contributed by atoms with Gasteiger partial charge < -0.3 is 19.3 Å². The molecule has 1 atom stereocenters. The molecule has 2 saturated heterocycles. The third kappa shape index (κ3) is 3.66. The lowest BCUT2D eigenvalue weighted by Gasteiger charge is -2.24. The standard InChI is InChI=1S/C18H23N3O4S/c1-20(2)12-5-6-21(10-12)13-9-15(25-4)14(24-3)7-11(13)8-16-17(22)19-18(23)26-16/h7-9,12H,5-6,10H2,1-4H3,(H,19,22,23)/b16-8+. The van der Waals surface area contributed by atoms with E-state index in [-0.39, 0.29) is 11.1 Å². The van der Waals surface area contributed by atoms with Crippen molar-refractivity contribution >= 4 is 34.7 Å². The van der Waals surface area contributed by atoms with Crippen molar-refractivity contribution in [3.63, 3.8) is 0 Å². The first kappa shape index (κ1) is 18.6. The number of rotatable bonds is 5. The Hall–Kier alpha value is -2.19. The van der Waals surface area contributed by atoms with Gasteiger partial charge in [0.05, 0.1) is 19.1 Å². The number of nitrogens with zero attached hydrogens (tertiary/aromatic N) is 2. The number of hydrogen-bond donors (Lipinski definition) is 1. The summed E-state index contributed by atoms with van der Waals surface area (Å²) in [4.78, 5) is 28.3. The lowest BCUT2D eigenvalue weighted by molar-refractivity contribution is -0.115. The molecule has 140 valence electrons. The van der Waals surface area contributed by atoms with Crippen molar-refractivity contribution in [2.24, 2.45) is 0 Å². The maximum absolute atomic E-state index is 11.9. The number of likely N-dealkylation sites (N-methyl/N-ethyl adjacent to an activating group) is 1. The van der Waals surface area contributed by atoms with E-state index in [1.165, 1.54) is 0 Å². The lowest BCUT2D eigenvalue weighted by atomic mass is 10.1. The number of amides is 2. The molecule has 0 aromatic heterocycles. The summed E-state index contributed by atoms with van der Waals surface area (Å²) in [5.74, 6) is 0.854. The van der Waals surface area contributed by atoms with Gasteiger partial charge in [-0.15, -0.1) is 0 Å². The number of ether oxygens (including phenoxy) is 2. The lowest BCUT2D eigenvalue weighted by Crippen LogP contribution is -2.31. The highest BCUT2D eigenvalue weighted by Crippen LogP contribution is 2.39. The fourth-order valence-corrected chi connectivity index (χ4v) is 3.89. The molecule has 0 aliphatic carbocycles. The van der Waals surface area contributed by atoms with Gasteiger partial charge in [0, 0.05) is 36.4 Å². The number of imide groups is 1. The number of carbonyl (C=O) groups excluding carboxylic acids is 2. The summed E-state index contributed by atoms with van der Waals surface area (Å²) in [5.41, 5.74) is 1.79. The quantitative estimate of drug-likeness (QED) is 0.789. The van der Waals surface area contributed by atoms with Crippen molar-refractivity contribution in [1.29, 1.82) is 0 Å². The van der Waals surface area contributed by atoms with Gasteiger partial charge in [0.2, 0.25) is 0 Å². The monoisotopic (exact) mass is 377 g/mol. The molecule has 2 aliphatic heterocycles. The van der Waals surface area contributed by atoms with Gasteiger partial charge in [0.15, 0.2) is 11.5 Å². The second-order valence-electron chi connectivity index (χ2n) is 6.47. The molecule has 26 heavy (non-hydrogen) atoms. The summed E-state index contributed by atoms with van der Waals surface area (Å²) in [6.07, 6.45) is 2.80. The van der Waals surface area contributed by atoms with E-state index in [2.05, 4.69) is 29.2 Å². The van der Waals surface area contributed by atoms with E-state index in [4.69, 9.17) is 9.47 Å². The normalized spacial score (nSPS) is 21.7. The van der Waals surface area contributed by atoms with E-state index in [1.807, 2.05) is 12.1 Å². The first-order valence-electron chi connectivity index (χ1n) is 8.35. The topological polar surface area (TPSA) is 71.1 Å². The van der Waals surface area contributed by atoms with Crippen LogP contribution in [0.4, 0.5) is 10.5 Å². The number of methoxy groups -OCH3 is 2. The average Bonchev–Trinajstić information content (AvgIpc) is 3.21. The van der Waals surface area contributed by atoms with Crippen LogP contribution in [0.3, 0.4) is 0 Å². The summed E-state index contributed by atoms with van der Waals surface area (Å²) >= 11 is 0.911. The molecule has 2 fully saturated rings. The molecule has 1 N–H and O–H groups in total. The van der Waals surface area contributed by atoms with Crippen LogP contribution in [0.15, 0.2) is 17.0 Å². The van der Waals surface area contributed by atoms with E-state index in [1.54, 1.807) is 20.3 Å². The average molecular weight is 377 g/mol. The summed E-state index contributed by atoms with van der Waals surface area (Å²) in [6, 6.07) is 4.25. The highest BCUT2D eigenvalue weighted by atomic mass is 32.2. The number of anilines is 1. The van der Waals surface area contributed by atoms with Crippen molar-refractivity contribution in [1.82, 2.24) is 10.2 Å². The van der Waals surface area contributed by atoms with E-state index < -0.39 is 0 Å². The molecular formula is C18H23N3O4S. The third-order valence-electron chi connectivity index (χ3n) is 4.70. The van der Waals surface area contributed by atoms with Crippen LogP contribution in [0, 0.1) is 0 Å². The van der Waals surface area contributed by atoms with Crippen molar-refractivity contribution in [2.75, 3.05) is 46.3 Å². The largest absolute Gasteiger partial charge is 0.493 e. The zero-order valence-corrected chi connectivity index (χ0v) is 16.2. The highest BCUT2D eigenvalue weighted by Gasteiger charge is 2.29. The van der Waals surface area contributed by atoms with Crippen LogP contribution < -0.4 is 19.7 Å². The molecule has 2 aliphatic rings. The van der Waals surface area contributed by atoms with E-state index >= 15 is 0 Å². The van der Waals surface area contributed by atoms with Crippen LogP contribution in [-0.4, -0.2) is 63.5 Å². The Morgan fingerprint density at radius 2 is 1.92 bits per heavy atom. The van der Waals surface area contributed by atoms with Crippen LogP contribution in [0.2, 0.25) is 0 Å². The molecule has 7 nitrogen and oxygen atoms in total. The molecule has 3 rings (SSSR count). The zero-order valence-electron chi connectivity index (χ0n) is 15.4. The number of carbonyl (C=O) groups is 2. The van der Waals surface area contributed by atoms with Crippen molar-refractivity contribution < 1.29 is 19.1 Å². The molecule has 1 aromatic carbocycles. The minimum atomic E-state index is -0.367. The molecule has 0 bridgehead atoms. The Labute approximate surface area is 157 Å². The molecule has 1 aromatic rings. The van der Waals surface area contributed by atoms with Crippen LogP contribution in [-0.2, 0) is 4.79 Å². The van der Waals surface area contributed by atoms with Crippen molar-refractivity contribution in [3.05, 3.63) is 22.6 Å². The van der Waals surface area contributed by atoms with Gasteiger partial charge in [-0.05, 0) is 44.4 Å². The van der Waals surface area contributed by atoms with Crippen LogP contribution in [0.1, 0.15) is 12.0 Å². The number of benzene rings is 1. The van der Waals surface area contributed by atoms with Gasteiger partial charge in [-0.2, -0.15) is 0 Å². The maximum atomic E-state index is 11.9. The summed E-state index contributed by atoms with van der Waals surface area (Å²) < 4.78 is 10.9. The fourth-order valence-electron chi connectivity index (χ4n) is 3.22. The van der Waals surface area contributed by atoms with Gasteiger partial charge in [0.25, 0.3) is 11.1 Å². The Morgan fingerprint density at radius 1 is 1.23 bits per heavy atom. The Kier molecular flexibility index (Phi) is 5.43. The molecule has 2 amide bonds. The second kappa shape index (κ2) is 7.59. The van der Waals surface area contributed by atoms with Crippen molar-refractivity contribution in [2.45, 2.75) is 12.5 Å². The van der Waals surface area contributed by atoms with Crippen LogP contribution in [0.25, 0.3) is 6.08 Å². The predicted molar refractivity (Wildman–Crippen MR) is 103 cm³/mol. The molecular weight excluding hydrogens is 354 g/mol. The molecule has 2 heterocycles. The van der Waals surface area contributed by atoms with Crippen LogP contribution in [0.5, 0.6) is 11.5 Å². The number of nitrogens with one attached hydrogen (secondary N) is 1. The maximum Gasteiger partial charge on any atom is 0.290 e. The van der Waals surface area contributed by atoms with Gasteiger partial charge in [-0.1, -0.05) is 0 Å². The summed E-state index contributed by atoms with van der Waals surface area (Å²) in [6.45, 7) is 1.80. The van der Waals surface area contributed by atoms with Gasteiger partial charge in [-0.25, -0.2) is 0 Å². The predicted octanol–water partition coefficient (Wildman–Crippen LogP) is 2.17. The molecule has 1 unspecified atom stereocenters. The molecule has 0 radical (unpaired) electrons. The minimum Gasteiger partial charge on any atom is -0.493 e. The second-order valence-corrected chi connectivity index (χ2v) is 7.49. The van der Waals surface area contributed by atoms with Gasteiger partial charge >= 0.3 is 0 Å². The fraction of sp³-hybridized carbons (Fsp3) is 0.444. The summed E-state index contributed by atoms with van der Waals surface area (Å²) in [5, 5.41) is 1.94. The minimum absolute atomic E-state index is 0.350. The number of thioether (sulfide) groups is 1. The Morgan fingerprint density at radius 3 is 2.46 bits per heavy atom. The highest BCUT2D eigenvalue weighted by molar-refractivity contribution is 8.18. The molecule has 8 heteroatoms. The number of hydrogen-bond acceptors (Lipinski definition) is 7. The Balaban J connectivity index is 2.03. The third-order valence-corrected chi connectivity index (χ3v) is 5.51. The van der Waals surface area contributed by atoms with E-state index in [9.17, 15) is 9.59 Å². The molecule has 0 spiro atoms. The smallest absolute Gasteiger partial charge is 0.290 e. The zero-order chi connectivity index (χ0) is 18.8. The Bertz CT molecular complexity index is 763. The van der Waals surface area contributed by atoms with E-state index in [0.29, 0.717) is 22.4 Å².